The summed E-state index contributed by atoms with van der Waals surface area (Å²) < 4.78 is 0. The highest BCUT2D eigenvalue weighted by molar-refractivity contribution is 6.31. The summed E-state index contributed by atoms with van der Waals surface area (Å²) in [7, 11) is 0. The fraction of sp³-hybridized carbons (Fsp3) is 0.0588. The van der Waals surface area contributed by atoms with Gasteiger partial charge in [-0.25, -0.2) is 4.98 Å². The molecule has 23 heavy (non-hydrogen) atoms. The van der Waals surface area contributed by atoms with Crippen molar-refractivity contribution in [1.29, 1.82) is 5.41 Å². The van der Waals surface area contributed by atoms with Crippen LogP contribution in [0.5, 0.6) is 0 Å². The SMILES string of the molecule is N=C1C(c2nc3ccccc3[nH]2)=C(O)CN1c1ccc(Cl)cc1. The number of imidazole rings is 1. The van der Waals surface area contributed by atoms with E-state index in [0.29, 0.717) is 16.4 Å². The zero-order chi connectivity index (χ0) is 16.0. The summed E-state index contributed by atoms with van der Waals surface area (Å²) in [4.78, 5) is 9.35. The van der Waals surface area contributed by atoms with Gasteiger partial charge in [0.25, 0.3) is 0 Å². The smallest absolute Gasteiger partial charge is 0.145 e. The van der Waals surface area contributed by atoms with Gasteiger partial charge in [-0.2, -0.15) is 0 Å². The standard InChI is InChI=1S/C17H13ClN4O/c18-10-5-7-11(8-6-10)22-9-14(23)15(16(22)19)17-20-12-3-1-2-4-13(12)21-17/h1-8,19,23H,9H2,(H,20,21). The van der Waals surface area contributed by atoms with Gasteiger partial charge in [-0.1, -0.05) is 23.7 Å². The Morgan fingerprint density at radius 2 is 1.87 bits per heavy atom. The van der Waals surface area contributed by atoms with Crippen LogP contribution in [0.4, 0.5) is 5.69 Å². The lowest BCUT2D eigenvalue weighted by atomic mass is 10.2. The molecular weight excluding hydrogens is 312 g/mol. The molecule has 2 heterocycles. The number of aromatic amines is 1. The molecule has 1 aliphatic rings. The number of hydrogen-bond donors (Lipinski definition) is 3. The predicted molar refractivity (Wildman–Crippen MR) is 92.2 cm³/mol. The minimum absolute atomic E-state index is 0.129. The summed E-state index contributed by atoms with van der Waals surface area (Å²) >= 11 is 5.91. The summed E-state index contributed by atoms with van der Waals surface area (Å²) in [6.07, 6.45) is 0. The highest BCUT2D eigenvalue weighted by Gasteiger charge is 2.31. The lowest BCUT2D eigenvalue weighted by molar-refractivity contribution is 0.411. The van der Waals surface area contributed by atoms with E-state index >= 15 is 0 Å². The van der Waals surface area contributed by atoms with Crippen LogP contribution in [0.2, 0.25) is 5.02 Å². The maximum Gasteiger partial charge on any atom is 0.145 e. The number of amidine groups is 1. The molecule has 0 atom stereocenters. The largest absolute Gasteiger partial charge is 0.509 e. The molecule has 0 unspecified atom stereocenters. The molecule has 114 valence electrons. The molecule has 5 nitrogen and oxygen atoms in total. The lowest BCUT2D eigenvalue weighted by Crippen LogP contribution is -2.26. The van der Waals surface area contributed by atoms with Crippen LogP contribution in [0.25, 0.3) is 16.6 Å². The van der Waals surface area contributed by atoms with Crippen molar-refractivity contribution < 1.29 is 5.11 Å². The fourth-order valence-electron chi connectivity index (χ4n) is 2.74. The number of aliphatic hydroxyl groups is 1. The summed E-state index contributed by atoms with van der Waals surface area (Å²) in [6, 6.07) is 14.8. The van der Waals surface area contributed by atoms with E-state index in [0.717, 1.165) is 16.7 Å². The minimum atomic E-state index is 0.129. The van der Waals surface area contributed by atoms with Crippen LogP contribution in [-0.4, -0.2) is 27.5 Å². The average Bonchev–Trinajstić information content (AvgIpc) is 3.08. The highest BCUT2D eigenvalue weighted by atomic mass is 35.5. The van der Waals surface area contributed by atoms with Gasteiger partial charge in [-0.3, -0.25) is 5.41 Å². The molecule has 1 aliphatic heterocycles. The average molecular weight is 325 g/mol. The van der Waals surface area contributed by atoms with Gasteiger partial charge in [-0.05, 0) is 36.4 Å². The van der Waals surface area contributed by atoms with Crippen molar-refractivity contribution in [2.24, 2.45) is 0 Å². The summed E-state index contributed by atoms with van der Waals surface area (Å²) in [6.45, 7) is 0.243. The van der Waals surface area contributed by atoms with Crippen molar-refractivity contribution in [2.75, 3.05) is 11.4 Å². The van der Waals surface area contributed by atoms with Gasteiger partial charge in [-0.15, -0.1) is 0 Å². The van der Waals surface area contributed by atoms with E-state index in [4.69, 9.17) is 17.0 Å². The minimum Gasteiger partial charge on any atom is -0.509 e. The Kier molecular flexibility index (Phi) is 3.09. The number of aliphatic hydroxyl groups excluding tert-OH is 1. The van der Waals surface area contributed by atoms with E-state index < -0.39 is 0 Å². The molecule has 3 aromatic rings. The van der Waals surface area contributed by atoms with Crippen molar-refractivity contribution >= 4 is 39.7 Å². The van der Waals surface area contributed by atoms with Crippen LogP contribution < -0.4 is 4.90 Å². The molecule has 0 saturated carbocycles. The normalized spacial score (nSPS) is 15.0. The van der Waals surface area contributed by atoms with Crippen molar-refractivity contribution in [1.82, 2.24) is 9.97 Å². The van der Waals surface area contributed by atoms with Crippen molar-refractivity contribution in [3.8, 4) is 0 Å². The Hall–Kier alpha value is -2.79. The van der Waals surface area contributed by atoms with Gasteiger partial charge in [0.2, 0.25) is 0 Å². The number of nitrogens with one attached hydrogen (secondary N) is 2. The van der Waals surface area contributed by atoms with E-state index in [1.54, 1.807) is 17.0 Å². The molecule has 4 rings (SSSR count). The van der Waals surface area contributed by atoms with E-state index in [1.165, 1.54) is 0 Å². The monoisotopic (exact) mass is 324 g/mol. The van der Waals surface area contributed by atoms with Crippen LogP contribution in [0.15, 0.2) is 54.3 Å². The lowest BCUT2D eigenvalue weighted by Gasteiger charge is -2.18. The van der Waals surface area contributed by atoms with E-state index in [2.05, 4.69) is 9.97 Å². The second-order valence-corrected chi connectivity index (χ2v) is 5.77. The Morgan fingerprint density at radius 3 is 2.61 bits per heavy atom. The van der Waals surface area contributed by atoms with Crippen LogP contribution in [0.1, 0.15) is 5.82 Å². The molecule has 3 N–H and O–H groups in total. The van der Waals surface area contributed by atoms with Gasteiger partial charge in [0.05, 0.1) is 23.2 Å². The number of anilines is 1. The van der Waals surface area contributed by atoms with E-state index in [-0.39, 0.29) is 18.1 Å². The van der Waals surface area contributed by atoms with Gasteiger partial charge in [0.1, 0.15) is 17.4 Å². The molecule has 6 heteroatoms. The van der Waals surface area contributed by atoms with Crippen LogP contribution in [0.3, 0.4) is 0 Å². The van der Waals surface area contributed by atoms with Gasteiger partial charge in [0.15, 0.2) is 0 Å². The van der Waals surface area contributed by atoms with E-state index in [1.807, 2.05) is 36.4 Å². The van der Waals surface area contributed by atoms with Crippen LogP contribution in [-0.2, 0) is 0 Å². The van der Waals surface area contributed by atoms with Gasteiger partial charge in [0, 0.05) is 10.7 Å². The number of hydrogen-bond acceptors (Lipinski definition) is 3. The molecule has 2 aromatic carbocycles. The first-order chi connectivity index (χ1) is 11.1. The van der Waals surface area contributed by atoms with E-state index in [9.17, 15) is 5.11 Å². The molecule has 1 aromatic heterocycles. The Balaban J connectivity index is 1.73. The second kappa shape index (κ2) is 5.14. The molecule has 0 radical (unpaired) electrons. The molecule has 0 fully saturated rings. The number of rotatable bonds is 2. The number of H-pyrrole nitrogens is 1. The van der Waals surface area contributed by atoms with Crippen LogP contribution in [0, 0.1) is 5.41 Å². The predicted octanol–water partition coefficient (Wildman–Crippen LogP) is 3.98. The fourth-order valence-corrected chi connectivity index (χ4v) is 2.87. The number of halogens is 1. The molecule has 0 saturated heterocycles. The molecule has 0 spiro atoms. The maximum absolute atomic E-state index is 10.3. The first kappa shape index (κ1) is 13.8. The second-order valence-electron chi connectivity index (χ2n) is 5.34. The first-order valence-electron chi connectivity index (χ1n) is 7.13. The summed E-state index contributed by atoms with van der Waals surface area (Å²) in [5.41, 5.74) is 2.91. The quantitative estimate of drug-likeness (QED) is 0.667. The number of benzene rings is 2. The zero-order valence-corrected chi connectivity index (χ0v) is 12.8. The third kappa shape index (κ3) is 2.26. The molecule has 0 amide bonds. The number of para-hydroxylation sites is 2. The summed E-state index contributed by atoms with van der Waals surface area (Å²) in [5.74, 6) is 0.845. The number of nitrogens with zero attached hydrogens (tertiary/aromatic N) is 2. The van der Waals surface area contributed by atoms with Crippen molar-refractivity contribution in [3.63, 3.8) is 0 Å². The van der Waals surface area contributed by atoms with Crippen molar-refractivity contribution in [2.45, 2.75) is 0 Å². The van der Waals surface area contributed by atoms with Gasteiger partial charge >= 0.3 is 0 Å². The molecule has 0 aliphatic carbocycles. The summed E-state index contributed by atoms with van der Waals surface area (Å²) in [5, 5.41) is 19.4. The van der Waals surface area contributed by atoms with Gasteiger partial charge < -0.3 is 15.0 Å². The Labute approximate surface area is 137 Å². The topological polar surface area (TPSA) is 76.0 Å². The number of aromatic nitrogens is 2. The molecular formula is C17H13ClN4O. The Morgan fingerprint density at radius 1 is 1.13 bits per heavy atom. The third-order valence-electron chi connectivity index (χ3n) is 3.87. The van der Waals surface area contributed by atoms with Crippen LogP contribution >= 0.6 is 11.6 Å². The Bertz CT molecular complexity index is 910. The highest BCUT2D eigenvalue weighted by Crippen LogP contribution is 2.31. The third-order valence-corrected chi connectivity index (χ3v) is 4.12. The van der Waals surface area contributed by atoms with Crippen molar-refractivity contribution in [3.05, 3.63) is 65.1 Å². The first-order valence-corrected chi connectivity index (χ1v) is 7.50. The zero-order valence-electron chi connectivity index (χ0n) is 12.0. The molecule has 0 bridgehead atoms. The maximum atomic E-state index is 10.3. The number of fused-ring (bicyclic) bond motifs is 1.